The van der Waals surface area contributed by atoms with Crippen LogP contribution in [-0.2, 0) is 28.5 Å². The molecule has 0 N–H and O–H groups in total. The SMILES string of the molecule is CN(C)C(=O)C1CN2CCC1C(OCc1cc(C(F)(F)F)cc(C(F)(F)F)c1)C2C(c1ccccc1)c1ccccc1. The lowest BCUT2D eigenvalue weighted by Gasteiger charge is -2.56. The zero-order valence-electron chi connectivity index (χ0n) is 23.2. The summed E-state index contributed by atoms with van der Waals surface area (Å²) < 4.78 is 87.7. The number of fused-ring (bicyclic) bond motifs is 3. The van der Waals surface area contributed by atoms with Gasteiger partial charge in [0.15, 0.2) is 0 Å². The highest BCUT2D eigenvalue weighted by atomic mass is 19.4. The van der Waals surface area contributed by atoms with E-state index in [2.05, 4.69) is 4.90 Å². The molecule has 5 unspecified atom stereocenters. The van der Waals surface area contributed by atoms with Crippen LogP contribution in [0.1, 0.15) is 40.2 Å². The minimum atomic E-state index is -4.96. The van der Waals surface area contributed by atoms with Gasteiger partial charge in [0.25, 0.3) is 0 Å². The number of hydrogen-bond acceptors (Lipinski definition) is 3. The summed E-state index contributed by atoms with van der Waals surface area (Å²) in [5, 5.41) is 0. The van der Waals surface area contributed by atoms with Crippen molar-refractivity contribution in [1.29, 1.82) is 0 Å². The van der Waals surface area contributed by atoms with Crippen LogP contribution in [-0.4, -0.2) is 55.0 Å². The molecule has 1 amide bonds. The quantitative estimate of drug-likeness (QED) is 0.282. The van der Waals surface area contributed by atoms with Crippen molar-refractivity contribution in [2.45, 2.75) is 43.4 Å². The minimum Gasteiger partial charge on any atom is -0.372 e. The summed E-state index contributed by atoms with van der Waals surface area (Å²) in [5.41, 5.74) is -0.978. The maximum absolute atomic E-state index is 13.6. The molecular formula is C32H32F6N2O2. The Bertz CT molecular complexity index is 1310. The Morgan fingerprint density at radius 2 is 1.40 bits per heavy atom. The minimum absolute atomic E-state index is 0.0776. The summed E-state index contributed by atoms with van der Waals surface area (Å²) in [5.74, 6) is -0.957. The molecule has 4 nitrogen and oxygen atoms in total. The smallest absolute Gasteiger partial charge is 0.372 e. The molecule has 3 aliphatic rings. The third-order valence-corrected chi connectivity index (χ3v) is 8.38. The van der Waals surface area contributed by atoms with Crippen molar-refractivity contribution in [3.8, 4) is 0 Å². The number of piperidine rings is 3. The predicted molar refractivity (Wildman–Crippen MR) is 145 cm³/mol. The van der Waals surface area contributed by atoms with Crippen LogP contribution in [0.4, 0.5) is 26.3 Å². The van der Waals surface area contributed by atoms with Crippen LogP contribution in [0.25, 0.3) is 0 Å². The van der Waals surface area contributed by atoms with Gasteiger partial charge in [-0.15, -0.1) is 0 Å². The molecule has 0 spiro atoms. The number of alkyl halides is 6. The fourth-order valence-electron chi connectivity index (χ4n) is 6.54. The maximum Gasteiger partial charge on any atom is 0.416 e. The number of halogens is 6. The normalized spacial score (nSPS) is 24.2. The van der Waals surface area contributed by atoms with Gasteiger partial charge in [-0.25, -0.2) is 0 Å². The highest BCUT2D eigenvalue weighted by Crippen LogP contribution is 2.46. The number of carbonyl (C=O) groups excluding carboxylic acids is 1. The van der Waals surface area contributed by atoms with Crippen molar-refractivity contribution in [1.82, 2.24) is 9.80 Å². The van der Waals surface area contributed by atoms with Crippen LogP contribution < -0.4 is 0 Å². The largest absolute Gasteiger partial charge is 0.416 e. The summed E-state index contributed by atoms with van der Waals surface area (Å²) >= 11 is 0. The molecule has 10 heteroatoms. The van der Waals surface area contributed by atoms with Crippen LogP contribution in [0, 0.1) is 11.8 Å². The first-order valence-corrected chi connectivity index (χ1v) is 13.8. The standard InChI is InChI=1S/C32H32F6N2O2/c1-39(2)30(41)26-18-40-14-13-25(26)29(28(40)27(21-9-5-3-6-10-21)22-11-7-4-8-12-22)42-19-20-15-23(31(33,34)35)17-24(16-20)32(36,37)38/h3-12,15-17,25-29H,13-14,18-19H2,1-2H3. The van der Waals surface area contributed by atoms with E-state index in [1.807, 2.05) is 60.7 Å². The summed E-state index contributed by atoms with van der Waals surface area (Å²) in [6.07, 6.45) is -9.92. The summed E-state index contributed by atoms with van der Waals surface area (Å²) in [6.45, 7) is 0.728. The fourth-order valence-corrected chi connectivity index (χ4v) is 6.54. The van der Waals surface area contributed by atoms with E-state index >= 15 is 0 Å². The van der Waals surface area contributed by atoms with Crippen molar-refractivity contribution < 1.29 is 35.9 Å². The van der Waals surface area contributed by atoms with Crippen LogP contribution in [0.3, 0.4) is 0 Å². The van der Waals surface area contributed by atoms with Gasteiger partial charge in [-0.1, -0.05) is 60.7 Å². The Balaban J connectivity index is 1.56. The molecule has 42 heavy (non-hydrogen) atoms. The molecule has 0 aliphatic carbocycles. The summed E-state index contributed by atoms with van der Waals surface area (Å²) in [4.78, 5) is 17.0. The van der Waals surface area contributed by atoms with Crippen LogP contribution in [0.5, 0.6) is 0 Å². The van der Waals surface area contributed by atoms with Gasteiger partial charge in [-0.05, 0) is 47.9 Å². The Labute approximate surface area is 240 Å². The van der Waals surface area contributed by atoms with Gasteiger partial charge in [0.1, 0.15) is 0 Å². The van der Waals surface area contributed by atoms with Crippen molar-refractivity contribution in [2.75, 3.05) is 27.2 Å². The molecule has 0 saturated carbocycles. The average molecular weight is 591 g/mol. The van der Waals surface area contributed by atoms with E-state index in [9.17, 15) is 31.1 Å². The van der Waals surface area contributed by atoms with Crippen LogP contribution >= 0.6 is 0 Å². The molecule has 224 valence electrons. The van der Waals surface area contributed by atoms with Crippen molar-refractivity contribution in [3.63, 3.8) is 0 Å². The number of benzene rings is 3. The third-order valence-electron chi connectivity index (χ3n) is 8.38. The van der Waals surface area contributed by atoms with E-state index < -0.39 is 42.1 Å². The van der Waals surface area contributed by atoms with Gasteiger partial charge in [0.2, 0.25) is 5.91 Å². The van der Waals surface area contributed by atoms with Crippen molar-refractivity contribution in [2.24, 2.45) is 11.8 Å². The Kier molecular flexibility index (Phi) is 8.40. The number of amides is 1. The highest BCUT2D eigenvalue weighted by Gasteiger charge is 2.53. The highest BCUT2D eigenvalue weighted by molar-refractivity contribution is 5.79. The Morgan fingerprint density at radius 3 is 1.88 bits per heavy atom. The third kappa shape index (κ3) is 6.20. The van der Waals surface area contributed by atoms with Crippen LogP contribution in [0.2, 0.25) is 0 Å². The second kappa shape index (κ2) is 11.7. The Morgan fingerprint density at radius 1 is 0.881 bits per heavy atom. The Hall–Kier alpha value is -3.37. The second-order valence-electron chi connectivity index (χ2n) is 11.3. The first-order valence-electron chi connectivity index (χ1n) is 13.8. The molecule has 6 rings (SSSR count). The topological polar surface area (TPSA) is 32.8 Å². The zero-order chi connectivity index (χ0) is 30.2. The van der Waals surface area contributed by atoms with E-state index in [-0.39, 0.29) is 35.4 Å². The lowest BCUT2D eigenvalue weighted by atomic mass is 9.67. The molecule has 2 bridgehead atoms. The lowest BCUT2D eigenvalue weighted by molar-refractivity contribution is -0.166. The number of hydrogen-bond donors (Lipinski definition) is 0. The molecule has 3 aromatic carbocycles. The van der Waals surface area contributed by atoms with Gasteiger partial charge in [0, 0.05) is 38.5 Å². The maximum atomic E-state index is 13.6. The van der Waals surface area contributed by atoms with Gasteiger partial charge in [-0.2, -0.15) is 26.3 Å². The molecule has 3 heterocycles. The molecular weight excluding hydrogens is 558 g/mol. The molecule has 5 atom stereocenters. The van der Waals surface area contributed by atoms with Gasteiger partial charge >= 0.3 is 12.4 Å². The van der Waals surface area contributed by atoms with E-state index in [0.717, 1.165) is 11.1 Å². The first-order chi connectivity index (χ1) is 19.8. The predicted octanol–water partition coefficient (Wildman–Crippen LogP) is 6.85. The molecule has 3 aromatic rings. The first kappa shape index (κ1) is 30.1. The summed E-state index contributed by atoms with van der Waals surface area (Å²) in [7, 11) is 3.34. The van der Waals surface area contributed by atoms with Gasteiger partial charge in [-0.3, -0.25) is 9.69 Å². The monoisotopic (exact) mass is 590 g/mol. The van der Waals surface area contributed by atoms with E-state index in [0.29, 0.717) is 31.6 Å². The lowest BCUT2D eigenvalue weighted by Crippen LogP contribution is -2.66. The number of carbonyl (C=O) groups is 1. The molecule has 3 saturated heterocycles. The van der Waals surface area contributed by atoms with Gasteiger partial charge in [0.05, 0.1) is 29.8 Å². The van der Waals surface area contributed by atoms with E-state index in [1.165, 1.54) is 4.90 Å². The fraction of sp³-hybridized carbons (Fsp3) is 0.406. The van der Waals surface area contributed by atoms with Crippen molar-refractivity contribution >= 4 is 5.91 Å². The number of ether oxygens (including phenoxy) is 1. The molecule has 3 aliphatic heterocycles. The molecule has 0 radical (unpaired) electrons. The average Bonchev–Trinajstić information content (AvgIpc) is 2.96. The van der Waals surface area contributed by atoms with E-state index in [1.54, 1.807) is 14.1 Å². The summed E-state index contributed by atoms with van der Waals surface area (Å²) in [6, 6.07) is 20.8. The van der Waals surface area contributed by atoms with Crippen LogP contribution in [0.15, 0.2) is 78.9 Å². The van der Waals surface area contributed by atoms with E-state index in [4.69, 9.17) is 4.74 Å². The van der Waals surface area contributed by atoms with Crippen molar-refractivity contribution in [3.05, 3.63) is 107 Å². The second-order valence-corrected chi connectivity index (χ2v) is 11.3. The van der Waals surface area contributed by atoms with Gasteiger partial charge < -0.3 is 9.64 Å². The molecule has 0 aromatic heterocycles. The molecule has 3 fully saturated rings. The number of rotatable bonds is 7. The number of nitrogens with zero attached hydrogens (tertiary/aromatic N) is 2. The zero-order valence-corrected chi connectivity index (χ0v) is 23.2.